The third-order valence-corrected chi connectivity index (χ3v) is 5.28. The predicted octanol–water partition coefficient (Wildman–Crippen LogP) is 6.06. The molecule has 0 unspecified atom stereocenters. The van der Waals surface area contributed by atoms with Crippen molar-refractivity contribution in [3.8, 4) is 23.0 Å². The maximum absolute atomic E-state index is 12.3. The third-order valence-electron chi connectivity index (χ3n) is 5.28. The molecule has 1 rings (SSSR count). The van der Waals surface area contributed by atoms with Crippen LogP contribution < -0.4 is 14.8 Å². The van der Waals surface area contributed by atoms with E-state index in [2.05, 4.69) is 12.2 Å². The summed E-state index contributed by atoms with van der Waals surface area (Å²) in [4.78, 5) is 12.3. The van der Waals surface area contributed by atoms with Crippen LogP contribution in [-0.2, 0) is 4.79 Å². The van der Waals surface area contributed by atoms with Gasteiger partial charge >= 0.3 is 0 Å². The topological polar surface area (TPSA) is 88.0 Å². The van der Waals surface area contributed by atoms with Crippen LogP contribution in [0.15, 0.2) is 0 Å². The summed E-state index contributed by atoms with van der Waals surface area (Å²) in [6, 6.07) is 0. The summed E-state index contributed by atoms with van der Waals surface area (Å²) in [6.45, 7) is 3.84. The molecule has 0 atom stereocenters. The van der Waals surface area contributed by atoms with Gasteiger partial charge in [-0.25, -0.2) is 0 Å². The molecular formula is C23H39NO5. The van der Waals surface area contributed by atoms with E-state index in [0.29, 0.717) is 12.0 Å². The molecule has 0 aromatic heterocycles. The number of carbonyl (C=O) groups is 1. The standard InChI is InChI=1S/C23H39NO5/c1-5-6-7-8-9-10-11-12-13-14-15-16-18(25)24-19-17(2)20(26)22(28-3)23(29-4)21(19)27/h26-27H,5-16H2,1-4H3,(H,24,25). The summed E-state index contributed by atoms with van der Waals surface area (Å²) in [5.41, 5.74) is 0.501. The molecule has 1 amide bonds. The van der Waals surface area contributed by atoms with Crippen LogP contribution in [0.4, 0.5) is 5.69 Å². The number of anilines is 1. The lowest BCUT2D eigenvalue weighted by Crippen LogP contribution is -2.13. The summed E-state index contributed by atoms with van der Waals surface area (Å²) in [5, 5.41) is 23.3. The van der Waals surface area contributed by atoms with Gasteiger partial charge in [0.15, 0.2) is 11.5 Å². The molecule has 0 heterocycles. The number of unbranched alkanes of at least 4 members (excludes halogenated alkanes) is 10. The van der Waals surface area contributed by atoms with Crippen LogP contribution in [0.2, 0.25) is 0 Å². The molecule has 0 radical (unpaired) electrons. The van der Waals surface area contributed by atoms with Gasteiger partial charge in [-0.1, -0.05) is 71.1 Å². The normalized spacial score (nSPS) is 10.8. The highest BCUT2D eigenvalue weighted by atomic mass is 16.5. The van der Waals surface area contributed by atoms with Gasteiger partial charge in [0.1, 0.15) is 0 Å². The molecular weight excluding hydrogens is 370 g/mol. The zero-order valence-electron chi connectivity index (χ0n) is 18.6. The molecule has 6 heteroatoms. The first-order valence-electron chi connectivity index (χ1n) is 10.9. The van der Waals surface area contributed by atoms with Gasteiger partial charge in [-0.15, -0.1) is 0 Å². The van der Waals surface area contributed by atoms with Crippen molar-refractivity contribution in [1.29, 1.82) is 0 Å². The lowest BCUT2D eigenvalue weighted by Gasteiger charge is -2.18. The van der Waals surface area contributed by atoms with Crippen LogP contribution in [0.1, 0.15) is 89.5 Å². The number of phenolic OH excluding ortho intramolecular Hbond substituents is 2. The molecule has 0 aliphatic carbocycles. The lowest BCUT2D eigenvalue weighted by molar-refractivity contribution is -0.116. The second-order valence-electron chi connectivity index (χ2n) is 7.60. The Balaban J connectivity index is 2.35. The Morgan fingerprint density at radius 2 is 1.24 bits per heavy atom. The fraction of sp³-hybridized carbons (Fsp3) is 0.696. The number of nitrogens with one attached hydrogen (secondary N) is 1. The van der Waals surface area contributed by atoms with E-state index in [1.165, 1.54) is 65.6 Å². The average Bonchev–Trinajstić information content (AvgIpc) is 2.71. The summed E-state index contributed by atoms with van der Waals surface area (Å²) in [5.74, 6) is -0.545. The van der Waals surface area contributed by atoms with Gasteiger partial charge in [0.05, 0.1) is 19.9 Å². The van der Waals surface area contributed by atoms with Crippen LogP contribution >= 0.6 is 0 Å². The number of hydrogen-bond acceptors (Lipinski definition) is 5. The quantitative estimate of drug-likeness (QED) is 0.186. The molecule has 0 aliphatic rings. The molecule has 166 valence electrons. The zero-order valence-corrected chi connectivity index (χ0v) is 18.6. The molecule has 0 fully saturated rings. The largest absolute Gasteiger partial charge is 0.504 e. The molecule has 0 saturated heterocycles. The first kappa shape index (κ1) is 24.9. The van der Waals surface area contributed by atoms with Gasteiger partial charge in [0.25, 0.3) is 0 Å². The van der Waals surface area contributed by atoms with Crippen molar-refractivity contribution in [3.63, 3.8) is 0 Å². The third kappa shape index (κ3) is 8.03. The summed E-state index contributed by atoms with van der Waals surface area (Å²) in [7, 11) is 2.74. The van der Waals surface area contributed by atoms with E-state index in [1.54, 1.807) is 6.92 Å². The smallest absolute Gasteiger partial charge is 0.224 e. The van der Waals surface area contributed by atoms with Crippen molar-refractivity contribution in [1.82, 2.24) is 0 Å². The maximum Gasteiger partial charge on any atom is 0.224 e. The number of hydrogen-bond donors (Lipinski definition) is 3. The minimum absolute atomic E-state index is 0.000550. The van der Waals surface area contributed by atoms with Gasteiger partial charge in [-0.2, -0.15) is 0 Å². The molecule has 3 N–H and O–H groups in total. The number of benzene rings is 1. The Hall–Kier alpha value is -2.11. The predicted molar refractivity (Wildman–Crippen MR) is 117 cm³/mol. The number of methoxy groups -OCH3 is 2. The van der Waals surface area contributed by atoms with E-state index in [0.717, 1.165) is 19.3 Å². The van der Waals surface area contributed by atoms with Crippen molar-refractivity contribution in [3.05, 3.63) is 5.56 Å². The lowest BCUT2D eigenvalue weighted by atomic mass is 10.0. The zero-order chi connectivity index (χ0) is 21.6. The molecule has 1 aromatic rings. The molecule has 6 nitrogen and oxygen atoms in total. The fourth-order valence-corrected chi connectivity index (χ4v) is 3.48. The number of aromatic hydroxyl groups is 2. The highest BCUT2D eigenvalue weighted by Crippen LogP contribution is 2.50. The van der Waals surface area contributed by atoms with Crippen LogP contribution in [0.5, 0.6) is 23.0 Å². The first-order chi connectivity index (χ1) is 14.0. The highest BCUT2D eigenvalue weighted by Gasteiger charge is 2.24. The average molecular weight is 410 g/mol. The van der Waals surface area contributed by atoms with E-state index < -0.39 is 0 Å². The Kier molecular flexibility index (Phi) is 12.0. The van der Waals surface area contributed by atoms with E-state index >= 15 is 0 Å². The highest BCUT2D eigenvalue weighted by molar-refractivity contribution is 5.95. The second kappa shape index (κ2) is 14.0. The van der Waals surface area contributed by atoms with Crippen LogP contribution in [-0.4, -0.2) is 30.3 Å². The number of phenols is 2. The summed E-state index contributed by atoms with van der Waals surface area (Å²) >= 11 is 0. The van der Waals surface area contributed by atoms with Gasteiger partial charge in [0, 0.05) is 12.0 Å². The second-order valence-corrected chi connectivity index (χ2v) is 7.60. The first-order valence-corrected chi connectivity index (χ1v) is 10.9. The van der Waals surface area contributed by atoms with Crippen molar-refractivity contribution >= 4 is 11.6 Å². The summed E-state index contributed by atoms with van der Waals surface area (Å²) in [6.07, 6.45) is 13.8. The van der Waals surface area contributed by atoms with Gasteiger partial charge in [0.2, 0.25) is 17.4 Å². The summed E-state index contributed by atoms with van der Waals surface area (Å²) < 4.78 is 10.2. The Morgan fingerprint density at radius 3 is 1.72 bits per heavy atom. The van der Waals surface area contributed by atoms with Gasteiger partial charge in [-0.3, -0.25) is 4.79 Å². The van der Waals surface area contributed by atoms with Gasteiger partial charge < -0.3 is 25.0 Å². The Labute approximate surface area is 175 Å². The van der Waals surface area contributed by atoms with Gasteiger partial charge in [-0.05, 0) is 13.3 Å². The van der Waals surface area contributed by atoms with E-state index in [-0.39, 0.29) is 34.6 Å². The maximum atomic E-state index is 12.3. The Morgan fingerprint density at radius 1 is 0.793 bits per heavy atom. The van der Waals surface area contributed by atoms with Crippen LogP contribution in [0, 0.1) is 6.92 Å². The van der Waals surface area contributed by atoms with Crippen LogP contribution in [0.25, 0.3) is 0 Å². The number of amides is 1. The SMILES string of the molecule is CCCCCCCCCCCCCC(=O)Nc1c(C)c(O)c(OC)c(OC)c1O. The number of carbonyl (C=O) groups excluding carboxylic acids is 1. The number of ether oxygens (including phenoxy) is 2. The molecule has 0 saturated carbocycles. The number of rotatable bonds is 15. The molecule has 1 aromatic carbocycles. The monoisotopic (exact) mass is 409 g/mol. The van der Waals surface area contributed by atoms with Crippen molar-refractivity contribution < 1.29 is 24.5 Å². The van der Waals surface area contributed by atoms with E-state index in [4.69, 9.17) is 9.47 Å². The molecule has 0 aliphatic heterocycles. The Bertz CT molecular complexity index is 630. The molecule has 0 bridgehead atoms. The molecule has 29 heavy (non-hydrogen) atoms. The fourth-order valence-electron chi connectivity index (χ4n) is 3.48. The van der Waals surface area contributed by atoms with E-state index in [1.807, 2.05) is 0 Å². The molecule has 0 spiro atoms. The minimum Gasteiger partial charge on any atom is -0.504 e. The van der Waals surface area contributed by atoms with Crippen molar-refractivity contribution in [2.45, 2.75) is 90.9 Å². The van der Waals surface area contributed by atoms with E-state index in [9.17, 15) is 15.0 Å². The van der Waals surface area contributed by atoms with Crippen molar-refractivity contribution in [2.24, 2.45) is 0 Å². The van der Waals surface area contributed by atoms with Crippen LogP contribution in [0.3, 0.4) is 0 Å². The minimum atomic E-state index is -0.244. The van der Waals surface area contributed by atoms with Crippen molar-refractivity contribution in [2.75, 3.05) is 19.5 Å².